The molecule has 0 aliphatic heterocycles. The maximum Gasteiger partial charge on any atom is 0.275 e. The molecule has 0 fully saturated rings. The molecule has 1 amide bonds. The minimum atomic E-state index is -0.513. The molecule has 32 heavy (non-hydrogen) atoms. The number of halogens is 3. The number of ether oxygens (including phenoxy) is 2. The average molecular weight is 585 g/mol. The Morgan fingerprint density at radius 2 is 1.91 bits per heavy atom. The van der Waals surface area contributed by atoms with E-state index in [-0.39, 0.29) is 17.9 Å². The number of amides is 1. The molecule has 0 saturated heterocycles. The minimum absolute atomic E-state index is 0.114. The lowest BCUT2D eigenvalue weighted by Gasteiger charge is -2.15. The van der Waals surface area contributed by atoms with Gasteiger partial charge in [0.25, 0.3) is 5.91 Å². The van der Waals surface area contributed by atoms with Crippen molar-refractivity contribution in [1.82, 2.24) is 5.43 Å². The van der Waals surface area contributed by atoms with Gasteiger partial charge < -0.3 is 14.6 Å². The van der Waals surface area contributed by atoms with Gasteiger partial charge in [0, 0.05) is 0 Å². The number of nitrogens with zero attached hydrogens (tertiary/aromatic N) is 1. The van der Waals surface area contributed by atoms with E-state index in [9.17, 15) is 9.90 Å². The quantitative estimate of drug-likeness (QED) is 0.192. The topological polar surface area (TPSA) is 80.2 Å². The van der Waals surface area contributed by atoms with Crippen molar-refractivity contribution < 1.29 is 19.4 Å². The van der Waals surface area contributed by atoms with Crippen LogP contribution in [0.25, 0.3) is 0 Å². The molecular weight excluding hydrogens is 566 g/mol. The van der Waals surface area contributed by atoms with E-state index in [1.54, 1.807) is 30.3 Å². The summed E-state index contributed by atoms with van der Waals surface area (Å²) >= 11 is 14.2. The van der Waals surface area contributed by atoms with Crippen LogP contribution in [-0.4, -0.2) is 23.8 Å². The number of rotatable bonds is 8. The number of hydrogen-bond donors (Lipinski definition) is 2. The van der Waals surface area contributed by atoms with Crippen LogP contribution < -0.4 is 14.9 Å². The number of benzene rings is 3. The number of carbonyl (C=O) groups is 1. The molecule has 0 heterocycles. The highest BCUT2D eigenvalue weighted by Crippen LogP contribution is 2.35. The van der Waals surface area contributed by atoms with Gasteiger partial charge in [-0.05, 0) is 77.0 Å². The van der Waals surface area contributed by atoms with Crippen molar-refractivity contribution >= 4 is 57.9 Å². The van der Waals surface area contributed by atoms with E-state index in [0.29, 0.717) is 33.7 Å². The molecule has 2 N–H and O–H groups in total. The molecule has 0 aliphatic rings. The number of para-hydroxylation sites is 1. The highest BCUT2D eigenvalue weighted by Gasteiger charge is 2.13. The lowest BCUT2D eigenvalue weighted by molar-refractivity contribution is 0.0952. The van der Waals surface area contributed by atoms with Crippen LogP contribution in [0.2, 0.25) is 10.0 Å². The molecule has 0 bridgehead atoms. The van der Waals surface area contributed by atoms with Crippen molar-refractivity contribution in [2.24, 2.45) is 5.10 Å². The SMILES string of the molecule is CCOc1cc(/C=N\NC(=O)c2ccccc2O)cc(I)c1OCc1ccc(Cl)c(Cl)c1. The van der Waals surface area contributed by atoms with E-state index in [4.69, 9.17) is 32.7 Å². The van der Waals surface area contributed by atoms with E-state index in [0.717, 1.165) is 9.13 Å². The summed E-state index contributed by atoms with van der Waals surface area (Å²) in [6.07, 6.45) is 1.49. The van der Waals surface area contributed by atoms with Crippen LogP contribution in [0.3, 0.4) is 0 Å². The largest absolute Gasteiger partial charge is 0.507 e. The summed E-state index contributed by atoms with van der Waals surface area (Å²) in [7, 11) is 0. The molecule has 9 heteroatoms. The van der Waals surface area contributed by atoms with E-state index in [2.05, 4.69) is 33.1 Å². The van der Waals surface area contributed by atoms with Gasteiger partial charge in [-0.3, -0.25) is 4.79 Å². The first-order valence-electron chi connectivity index (χ1n) is 9.53. The number of aromatic hydroxyl groups is 1. The Morgan fingerprint density at radius 3 is 2.62 bits per heavy atom. The van der Waals surface area contributed by atoms with Crippen molar-refractivity contribution in [1.29, 1.82) is 0 Å². The molecule has 3 rings (SSSR count). The summed E-state index contributed by atoms with van der Waals surface area (Å²) in [5, 5.41) is 14.7. The third-order valence-corrected chi connectivity index (χ3v) is 5.77. The van der Waals surface area contributed by atoms with Gasteiger partial charge in [0.15, 0.2) is 11.5 Å². The van der Waals surface area contributed by atoms with Crippen LogP contribution >= 0.6 is 45.8 Å². The lowest BCUT2D eigenvalue weighted by atomic mass is 10.2. The monoisotopic (exact) mass is 584 g/mol. The Hall–Kier alpha value is -2.49. The summed E-state index contributed by atoms with van der Waals surface area (Å²) in [5.41, 5.74) is 4.12. The zero-order valence-corrected chi connectivity index (χ0v) is 20.6. The van der Waals surface area contributed by atoms with E-state index < -0.39 is 5.91 Å². The molecule has 166 valence electrons. The van der Waals surface area contributed by atoms with Crippen LogP contribution in [0.1, 0.15) is 28.4 Å². The fraction of sp³-hybridized carbons (Fsp3) is 0.130. The molecule has 6 nitrogen and oxygen atoms in total. The molecule has 0 radical (unpaired) electrons. The zero-order chi connectivity index (χ0) is 23.1. The molecule has 0 spiro atoms. The fourth-order valence-electron chi connectivity index (χ4n) is 2.74. The van der Waals surface area contributed by atoms with Gasteiger partial charge in [0.2, 0.25) is 0 Å². The van der Waals surface area contributed by atoms with Crippen molar-refractivity contribution in [3.8, 4) is 17.2 Å². The molecule has 3 aromatic carbocycles. The summed E-state index contributed by atoms with van der Waals surface area (Å²) in [4.78, 5) is 12.2. The molecule has 0 aliphatic carbocycles. The normalized spacial score (nSPS) is 10.9. The second kappa shape index (κ2) is 11.4. The molecule has 0 atom stereocenters. The van der Waals surface area contributed by atoms with Crippen molar-refractivity contribution in [2.75, 3.05) is 6.61 Å². The Morgan fingerprint density at radius 1 is 1.12 bits per heavy atom. The van der Waals surface area contributed by atoms with Crippen molar-refractivity contribution in [2.45, 2.75) is 13.5 Å². The van der Waals surface area contributed by atoms with E-state index >= 15 is 0 Å². The number of hydrogen-bond acceptors (Lipinski definition) is 5. The minimum Gasteiger partial charge on any atom is -0.507 e. The van der Waals surface area contributed by atoms with E-state index in [1.165, 1.54) is 18.3 Å². The maximum atomic E-state index is 12.2. The van der Waals surface area contributed by atoms with Crippen LogP contribution in [0.15, 0.2) is 59.7 Å². The predicted octanol–water partition coefficient (Wildman–Crippen LogP) is 6.05. The smallest absolute Gasteiger partial charge is 0.275 e. The summed E-state index contributed by atoms with van der Waals surface area (Å²) in [6, 6.07) is 15.2. The van der Waals surface area contributed by atoms with Gasteiger partial charge in [0.1, 0.15) is 12.4 Å². The number of phenols is 1. The number of nitrogens with one attached hydrogen (secondary N) is 1. The van der Waals surface area contributed by atoms with Gasteiger partial charge in [-0.1, -0.05) is 41.4 Å². The summed E-state index contributed by atoms with van der Waals surface area (Å²) in [6.45, 7) is 2.61. The zero-order valence-electron chi connectivity index (χ0n) is 16.9. The average Bonchev–Trinajstić information content (AvgIpc) is 2.76. The Bertz CT molecular complexity index is 1150. The van der Waals surface area contributed by atoms with Gasteiger partial charge in [-0.25, -0.2) is 5.43 Å². The summed E-state index contributed by atoms with van der Waals surface area (Å²) in [5.74, 6) is 0.513. The second-order valence-electron chi connectivity index (χ2n) is 6.52. The van der Waals surface area contributed by atoms with Crippen LogP contribution in [-0.2, 0) is 6.61 Å². The Balaban J connectivity index is 1.74. The number of carbonyl (C=O) groups excluding carboxylic acids is 1. The molecule has 0 unspecified atom stereocenters. The van der Waals surface area contributed by atoms with Crippen LogP contribution in [0, 0.1) is 3.57 Å². The second-order valence-corrected chi connectivity index (χ2v) is 8.49. The van der Waals surface area contributed by atoms with Crippen molar-refractivity contribution in [3.63, 3.8) is 0 Å². The van der Waals surface area contributed by atoms with Gasteiger partial charge >= 0.3 is 0 Å². The first-order valence-corrected chi connectivity index (χ1v) is 11.4. The van der Waals surface area contributed by atoms with Gasteiger partial charge in [0.05, 0.1) is 32.0 Å². The molecule has 0 aromatic heterocycles. The Labute approximate surface area is 209 Å². The third kappa shape index (κ3) is 6.27. The van der Waals surface area contributed by atoms with E-state index in [1.807, 2.05) is 19.1 Å². The molecule has 0 saturated carbocycles. The highest BCUT2D eigenvalue weighted by molar-refractivity contribution is 14.1. The van der Waals surface area contributed by atoms with Crippen molar-refractivity contribution in [3.05, 3.63) is 84.9 Å². The molecule has 3 aromatic rings. The maximum absolute atomic E-state index is 12.2. The molecular formula is C23H19Cl2IN2O4. The highest BCUT2D eigenvalue weighted by atomic mass is 127. The first-order chi connectivity index (χ1) is 15.4. The van der Waals surface area contributed by atoms with Gasteiger partial charge in [-0.15, -0.1) is 0 Å². The fourth-order valence-corrected chi connectivity index (χ4v) is 3.84. The van der Waals surface area contributed by atoms with Crippen LogP contribution in [0.4, 0.5) is 0 Å². The first kappa shape index (κ1) is 24.2. The number of phenolic OH excluding ortho intramolecular Hbond substituents is 1. The summed E-state index contributed by atoms with van der Waals surface area (Å²) < 4.78 is 12.5. The third-order valence-electron chi connectivity index (χ3n) is 4.23. The van der Waals surface area contributed by atoms with Gasteiger partial charge in [-0.2, -0.15) is 5.10 Å². The lowest BCUT2D eigenvalue weighted by Crippen LogP contribution is -2.17. The Kier molecular flexibility index (Phi) is 8.60. The predicted molar refractivity (Wildman–Crippen MR) is 134 cm³/mol. The number of hydrazone groups is 1. The van der Waals surface area contributed by atoms with Crippen LogP contribution in [0.5, 0.6) is 17.2 Å². The standard InChI is InChI=1S/C23H19Cl2IN2O4/c1-2-31-21-11-15(12-27-28-23(30)16-5-3-4-6-20(16)29)10-19(26)22(21)32-13-14-7-8-17(24)18(25)9-14/h3-12,29H,2,13H2,1H3,(H,28,30)/b27-12-.